The van der Waals surface area contributed by atoms with Crippen molar-refractivity contribution >= 4 is 34.8 Å². The summed E-state index contributed by atoms with van der Waals surface area (Å²) in [5.74, 6) is -0.0854. The van der Waals surface area contributed by atoms with Gasteiger partial charge in [-0.15, -0.1) is 0 Å². The summed E-state index contributed by atoms with van der Waals surface area (Å²) < 4.78 is 25.2. The van der Waals surface area contributed by atoms with Crippen LogP contribution in [-0.2, 0) is 0 Å². The lowest BCUT2D eigenvalue weighted by Gasteiger charge is -2.04. The van der Waals surface area contributed by atoms with Crippen LogP contribution in [0.25, 0.3) is 0 Å². The van der Waals surface area contributed by atoms with Crippen LogP contribution in [-0.4, -0.2) is 7.04 Å². The SMILES string of the molecule is [2H]C([2H])([2H])Oc1c(Cl)cc(Cl)cc1Cl. The van der Waals surface area contributed by atoms with E-state index >= 15 is 0 Å². The molecule has 1 rings (SSSR count). The lowest BCUT2D eigenvalue weighted by molar-refractivity contribution is 0.415. The average molecular weight is 214 g/mol. The van der Waals surface area contributed by atoms with Gasteiger partial charge in [-0.1, -0.05) is 34.8 Å². The zero-order chi connectivity index (χ0) is 10.9. The predicted octanol–water partition coefficient (Wildman–Crippen LogP) is 3.66. The fourth-order valence-corrected chi connectivity index (χ4v) is 1.52. The summed E-state index contributed by atoms with van der Waals surface area (Å²) in [5.41, 5.74) is 0. The monoisotopic (exact) mass is 213 g/mol. The summed E-state index contributed by atoms with van der Waals surface area (Å²) in [6.07, 6.45) is 0. The summed E-state index contributed by atoms with van der Waals surface area (Å²) in [7, 11) is -2.58. The number of hydrogen-bond acceptors (Lipinski definition) is 1. The second kappa shape index (κ2) is 3.53. The molecule has 1 nitrogen and oxygen atoms in total. The van der Waals surface area contributed by atoms with Crippen molar-refractivity contribution < 1.29 is 8.85 Å². The molecule has 0 aliphatic heterocycles. The molecule has 0 radical (unpaired) electrons. The van der Waals surface area contributed by atoms with Crippen molar-refractivity contribution in [3.05, 3.63) is 27.2 Å². The summed E-state index contributed by atoms with van der Waals surface area (Å²) >= 11 is 17.0. The maximum atomic E-state index is 6.88. The van der Waals surface area contributed by atoms with Gasteiger partial charge in [-0.25, -0.2) is 0 Å². The molecule has 0 atom stereocenters. The first-order valence-corrected chi connectivity index (χ1v) is 3.76. The molecule has 60 valence electrons. The molecule has 11 heavy (non-hydrogen) atoms. The molecular formula is C7H5Cl3O. The number of rotatable bonds is 1. The van der Waals surface area contributed by atoms with Crippen LogP contribution in [0.2, 0.25) is 15.1 Å². The molecule has 0 bridgehead atoms. The minimum atomic E-state index is -2.58. The highest BCUT2D eigenvalue weighted by Gasteiger charge is 2.06. The van der Waals surface area contributed by atoms with Gasteiger partial charge >= 0.3 is 0 Å². The van der Waals surface area contributed by atoms with Crippen molar-refractivity contribution in [2.45, 2.75) is 0 Å². The summed E-state index contributed by atoms with van der Waals surface area (Å²) in [4.78, 5) is 0. The van der Waals surface area contributed by atoms with Crippen molar-refractivity contribution in [1.82, 2.24) is 0 Å². The standard InChI is InChI=1S/C7H5Cl3O/c1-11-7-5(9)2-4(8)3-6(7)10/h2-3H,1H3/i1D3. The van der Waals surface area contributed by atoms with Crippen molar-refractivity contribution in [1.29, 1.82) is 0 Å². The smallest absolute Gasteiger partial charge is 0.156 e. The normalized spacial score (nSPS) is 15.0. The van der Waals surface area contributed by atoms with E-state index in [0.29, 0.717) is 5.02 Å². The van der Waals surface area contributed by atoms with Crippen molar-refractivity contribution in [3.8, 4) is 5.75 Å². The second-order valence-corrected chi connectivity index (χ2v) is 3.05. The van der Waals surface area contributed by atoms with Crippen molar-refractivity contribution in [3.63, 3.8) is 0 Å². The maximum absolute atomic E-state index is 6.88. The first-order valence-electron chi connectivity index (χ1n) is 4.13. The topological polar surface area (TPSA) is 9.23 Å². The van der Waals surface area contributed by atoms with E-state index in [-0.39, 0.29) is 15.8 Å². The van der Waals surface area contributed by atoms with Crippen LogP contribution in [0.3, 0.4) is 0 Å². The van der Waals surface area contributed by atoms with Gasteiger partial charge in [-0.05, 0) is 12.1 Å². The van der Waals surface area contributed by atoms with Crippen molar-refractivity contribution in [2.24, 2.45) is 0 Å². The molecule has 0 amide bonds. The molecular weight excluding hydrogens is 206 g/mol. The molecule has 0 aliphatic rings. The number of methoxy groups -OCH3 is 1. The average Bonchev–Trinajstić information content (AvgIpc) is 1.95. The van der Waals surface area contributed by atoms with Gasteiger partial charge in [0.25, 0.3) is 0 Å². The fourth-order valence-electron chi connectivity index (χ4n) is 0.626. The molecule has 0 heterocycles. The summed E-state index contributed by atoms with van der Waals surface area (Å²) in [6.45, 7) is 0. The highest BCUT2D eigenvalue weighted by molar-refractivity contribution is 6.40. The van der Waals surface area contributed by atoms with Crippen molar-refractivity contribution in [2.75, 3.05) is 7.04 Å². The van der Waals surface area contributed by atoms with E-state index in [1.54, 1.807) is 0 Å². The van der Waals surface area contributed by atoms with Crippen LogP contribution < -0.4 is 4.74 Å². The Morgan fingerprint density at radius 2 is 1.82 bits per heavy atom. The number of halogens is 3. The van der Waals surface area contributed by atoms with Crippen LogP contribution in [0.5, 0.6) is 5.75 Å². The molecule has 0 aromatic heterocycles. The Morgan fingerprint density at radius 1 is 1.27 bits per heavy atom. The molecule has 1 aromatic rings. The fraction of sp³-hybridized carbons (Fsp3) is 0.143. The molecule has 0 saturated heterocycles. The lowest BCUT2D eigenvalue weighted by atomic mass is 10.3. The molecule has 0 aliphatic carbocycles. The minimum absolute atomic E-state index is 0.0682. The molecule has 0 unspecified atom stereocenters. The Morgan fingerprint density at radius 3 is 2.27 bits per heavy atom. The van der Waals surface area contributed by atoms with Gasteiger partial charge in [-0.2, -0.15) is 0 Å². The zero-order valence-corrected chi connectivity index (χ0v) is 7.46. The van der Waals surface area contributed by atoms with E-state index in [0.717, 1.165) is 0 Å². The van der Waals surface area contributed by atoms with Gasteiger partial charge in [-0.3, -0.25) is 0 Å². The molecule has 0 N–H and O–H groups in total. The summed E-state index contributed by atoms with van der Waals surface area (Å²) in [6, 6.07) is 2.71. The third-order valence-corrected chi connectivity index (χ3v) is 1.84. The molecule has 1 aromatic carbocycles. The van der Waals surface area contributed by atoms with E-state index in [9.17, 15) is 0 Å². The third kappa shape index (κ3) is 1.92. The lowest BCUT2D eigenvalue weighted by Crippen LogP contribution is -1.84. The zero-order valence-electron chi connectivity index (χ0n) is 8.20. The van der Waals surface area contributed by atoms with E-state index < -0.39 is 7.04 Å². The van der Waals surface area contributed by atoms with Crippen LogP contribution in [0, 0.1) is 0 Å². The predicted molar refractivity (Wildman–Crippen MR) is 48.0 cm³/mol. The van der Waals surface area contributed by atoms with Gasteiger partial charge in [0, 0.05) is 5.02 Å². The number of ether oxygens (including phenoxy) is 1. The minimum Gasteiger partial charge on any atom is -0.494 e. The first-order chi connectivity index (χ1) is 6.29. The Hall–Kier alpha value is -0.110. The summed E-state index contributed by atoms with van der Waals surface area (Å²) in [5, 5.41) is 0.454. The highest BCUT2D eigenvalue weighted by atomic mass is 35.5. The second-order valence-electron chi connectivity index (χ2n) is 1.80. The van der Waals surface area contributed by atoms with Crippen LogP contribution >= 0.6 is 34.8 Å². The Bertz CT molecular complexity index is 328. The maximum Gasteiger partial charge on any atom is 0.156 e. The highest BCUT2D eigenvalue weighted by Crippen LogP contribution is 2.35. The third-order valence-electron chi connectivity index (χ3n) is 1.07. The van der Waals surface area contributed by atoms with Gasteiger partial charge in [0.15, 0.2) is 5.75 Å². The quantitative estimate of drug-likeness (QED) is 0.693. The van der Waals surface area contributed by atoms with Gasteiger partial charge in [0.05, 0.1) is 21.2 Å². The van der Waals surface area contributed by atoms with E-state index in [2.05, 4.69) is 4.74 Å². The van der Waals surface area contributed by atoms with E-state index in [1.165, 1.54) is 12.1 Å². The molecule has 0 spiro atoms. The van der Waals surface area contributed by atoms with E-state index in [4.69, 9.17) is 38.9 Å². The molecule has 0 saturated carbocycles. The van der Waals surface area contributed by atoms with Crippen LogP contribution in [0.1, 0.15) is 4.11 Å². The van der Waals surface area contributed by atoms with E-state index in [1.807, 2.05) is 0 Å². The largest absolute Gasteiger partial charge is 0.494 e. The first kappa shape index (κ1) is 5.52. The van der Waals surface area contributed by atoms with Gasteiger partial charge in [0.1, 0.15) is 0 Å². The molecule has 0 fully saturated rings. The Labute approximate surface area is 84.0 Å². The van der Waals surface area contributed by atoms with Crippen LogP contribution in [0.4, 0.5) is 0 Å². The van der Waals surface area contributed by atoms with Gasteiger partial charge in [0.2, 0.25) is 0 Å². The number of benzene rings is 1. The van der Waals surface area contributed by atoms with Gasteiger partial charge < -0.3 is 4.74 Å². The molecule has 4 heteroatoms. The number of hydrogen-bond donors (Lipinski definition) is 0. The van der Waals surface area contributed by atoms with Crippen LogP contribution in [0.15, 0.2) is 12.1 Å². The Balaban J connectivity index is 3.09. The Kier molecular flexibility index (Phi) is 1.77.